The van der Waals surface area contributed by atoms with E-state index in [4.69, 9.17) is 10.8 Å². The van der Waals surface area contributed by atoms with Crippen molar-refractivity contribution < 1.29 is 18.3 Å². The second-order valence-corrected chi connectivity index (χ2v) is 3.96. The highest BCUT2D eigenvalue weighted by Gasteiger charge is 2.34. The first-order valence-corrected chi connectivity index (χ1v) is 5.55. The Morgan fingerprint density at radius 1 is 1.26 bits per heavy atom. The summed E-state index contributed by atoms with van der Waals surface area (Å²) in [5.41, 5.74) is 5.34. The van der Waals surface area contributed by atoms with E-state index in [2.05, 4.69) is 5.10 Å². The van der Waals surface area contributed by atoms with Crippen molar-refractivity contribution in [1.82, 2.24) is 9.78 Å². The lowest BCUT2D eigenvalue weighted by Gasteiger charge is -2.13. The number of halogens is 3. The maximum atomic E-state index is 12.9. The predicted molar refractivity (Wildman–Crippen MR) is 63.8 cm³/mol. The van der Waals surface area contributed by atoms with E-state index in [0.29, 0.717) is 5.56 Å². The molecule has 2 rings (SSSR count). The fourth-order valence-electron chi connectivity index (χ4n) is 1.79. The second-order valence-electron chi connectivity index (χ2n) is 3.96. The van der Waals surface area contributed by atoms with Crippen LogP contribution in [0.2, 0.25) is 0 Å². The normalized spacial score (nSPS) is 11.8. The number of para-hydroxylation sites is 1. The topological polar surface area (TPSA) is 64.1 Å². The molecule has 1 heterocycles. The van der Waals surface area contributed by atoms with E-state index in [1.54, 1.807) is 0 Å². The first kappa shape index (κ1) is 13.4. The van der Waals surface area contributed by atoms with Gasteiger partial charge in [0, 0.05) is 18.6 Å². The van der Waals surface area contributed by atoms with Gasteiger partial charge in [0.15, 0.2) is 0 Å². The van der Waals surface area contributed by atoms with E-state index >= 15 is 0 Å². The van der Waals surface area contributed by atoms with Crippen LogP contribution in [-0.2, 0) is 12.6 Å². The molecule has 4 nitrogen and oxygen atoms in total. The standard InChI is InChI=1S/C12H12F3N3O/c13-12(14,15)9-3-1-2-4-10(9)18-11(16)8(5-6-19)7-17-18/h1-4,7,19H,5-6,16H2. The lowest BCUT2D eigenvalue weighted by Crippen LogP contribution is -2.13. The van der Waals surface area contributed by atoms with Gasteiger partial charge in [-0.15, -0.1) is 0 Å². The number of rotatable bonds is 3. The number of anilines is 1. The first-order chi connectivity index (χ1) is 8.95. The molecule has 0 amide bonds. The zero-order valence-electron chi connectivity index (χ0n) is 9.85. The van der Waals surface area contributed by atoms with E-state index in [9.17, 15) is 13.2 Å². The minimum absolute atomic E-state index is 0.103. The largest absolute Gasteiger partial charge is 0.418 e. The molecule has 1 aromatic heterocycles. The highest BCUT2D eigenvalue weighted by molar-refractivity contribution is 5.51. The van der Waals surface area contributed by atoms with Gasteiger partial charge in [0.05, 0.1) is 17.4 Å². The minimum atomic E-state index is -4.48. The van der Waals surface area contributed by atoms with Gasteiger partial charge >= 0.3 is 6.18 Å². The van der Waals surface area contributed by atoms with Gasteiger partial charge in [-0.25, -0.2) is 4.68 Å². The average molecular weight is 271 g/mol. The van der Waals surface area contributed by atoms with E-state index in [0.717, 1.165) is 10.7 Å². The zero-order valence-corrected chi connectivity index (χ0v) is 9.85. The number of nitrogens with zero attached hydrogens (tertiary/aromatic N) is 2. The summed E-state index contributed by atoms with van der Waals surface area (Å²) in [6.45, 7) is -0.142. The van der Waals surface area contributed by atoms with Gasteiger partial charge < -0.3 is 10.8 Å². The highest BCUT2D eigenvalue weighted by atomic mass is 19.4. The van der Waals surface area contributed by atoms with E-state index < -0.39 is 11.7 Å². The number of nitrogens with two attached hydrogens (primary N) is 1. The van der Waals surface area contributed by atoms with Crippen molar-refractivity contribution in [2.45, 2.75) is 12.6 Å². The molecule has 0 spiro atoms. The Bertz CT molecular complexity index is 578. The molecule has 0 aliphatic rings. The van der Waals surface area contributed by atoms with Crippen LogP contribution in [0, 0.1) is 0 Å². The van der Waals surface area contributed by atoms with Crippen LogP contribution in [0.3, 0.4) is 0 Å². The second kappa shape index (κ2) is 4.93. The van der Waals surface area contributed by atoms with Crippen molar-refractivity contribution in [3.8, 4) is 5.69 Å². The number of benzene rings is 1. The monoisotopic (exact) mass is 271 g/mol. The molecular formula is C12H12F3N3O. The van der Waals surface area contributed by atoms with Crippen molar-refractivity contribution in [3.63, 3.8) is 0 Å². The SMILES string of the molecule is Nc1c(CCO)cnn1-c1ccccc1C(F)(F)F. The summed E-state index contributed by atoms with van der Waals surface area (Å²) in [6, 6.07) is 5.06. The number of hydrogen-bond donors (Lipinski definition) is 2. The number of aliphatic hydroxyl groups is 1. The van der Waals surface area contributed by atoms with Gasteiger partial charge in [-0.3, -0.25) is 0 Å². The number of aromatic nitrogens is 2. The van der Waals surface area contributed by atoms with Crippen LogP contribution in [-0.4, -0.2) is 21.5 Å². The molecule has 1 aromatic carbocycles. The molecular weight excluding hydrogens is 259 g/mol. The van der Waals surface area contributed by atoms with Crippen molar-refractivity contribution >= 4 is 5.82 Å². The molecule has 7 heteroatoms. The minimum Gasteiger partial charge on any atom is -0.396 e. The van der Waals surface area contributed by atoms with Crippen molar-refractivity contribution in [2.75, 3.05) is 12.3 Å². The predicted octanol–water partition coefficient (Wildman–Crippen LogP) is 2.01. The van der Waals surface area contributed by atoms with Crippen molar-refractivity contribution in [1.29, 1.82) is 0 Å². The van der Waals surface area contributed by atoms with Crippen molar-refractivity contribution in [2.24, 2.45) is 0 Å². The van der Waals surface area contributed by atoms with Gasteiger partial charge in [-0.05, 0) is 12.1 Å². The third-order valence-corrected chi connectivity index (χ3v) is 2.71. The smallest absolute Gasteiger partial charge is 0.396 e. The average Bonchev–Trinajstić information content (AvgIpc) is 2.71. The number of aliphatic hydroxyl groups excluding tert-OH is 1. The molecule has 3 N–H and O–H groups in total. The summed E-state index contributed by atoms with van der Waals surface area (Å²) in [5.74, 6) is 0.103. The zero-order chi connectivity index (χ0) is 14.0. The molecule has 0 fully saturated rings. The van der Waals surface area contributed by atoms with Gasteiger partial charge in [-0.1, -0.05) is 12.1 Å². The fraction of sp³-hybridized carbons (Fsp3) is 0.250. The number of alkyl halides is 3. The third kappa shape index (κ3) is 2.55. The van der Waals surface area contributed by atoms with E-state index in [-0.39, 0.29) is 24.5 Å². The quantitative estimate of drug-likeness (QED) is 0.897. The molecule has 0 aliphatic heterocycles. The molecule has 0 bridgehead atoms. The van der Waals surface area contributed by atoms with Crippen molar-refractivity contribution in [3.05, 3.63) is 41.6 Å². The molecule has 0 saturated heterocycles. The maximum Gasteiger partial charge on any atom is 0.418 e. The molecule has 0 aliphatic carbocycles. The number of nitrogen functional groups attached to an aromatic ring is 1. The summed E-state index contributed by atoms with van der Waals surface area (Å²) in [7, 11) is 0. The molecule has 102 valence electrons. The Labute approximate surface area is 107 Å². The first-order valence-electron chi connectivity index (χ1n) is 5.55. The van der Waals surface area contributed by atoms with Crippen LogP contribution in [0.5, 0.6) is 0 Å². The Kier molecular flexibility index (Phi) is 3.48. The van der Waals surface area contributed by atoms with Gasteiger partial charge in [0.2, 0.25) is 0 Å². The molecule has 0 atom stereocenters. The van der Waals surface area contributed by atoms with Crippen LogP contribution in [0.15, 0.2) is 30.5 Å². The van der Waals surface area contributed by atoms with E-state index in [1.165, 1.54) is 24.4 Å². The van der Waals surface area contributed by atoms with Crippen LogP contribution in [0.4, 0.5) is 19.0 Å². The van der Waals surface area contributed by atoms with E-state index in [1.807, 2.05) is 0 Å². The Morgan fingerprint density at radius 2 is 1.95 bits per heavy atom. The molecule has 0 saturated carbocycles. The van der Waals surface area contributed by atoms with Gasteiger partial charge in [0.25, 0.3) is 0 Å². The molecule has 0 unspecified atom stereocenters. The lowest BCUT2D eigenvalue weighted by atomic mass is 10.1. The molecule has 2 aromatic rings. The summed E-state index contributed by atoms with van der Waals surface area (Å²) in [4.78, 5) is 0. The van der Waals surface area contributed by atoms with Gasteiger partial charge in [0.1, 0.15) is 5.82 Å². The summed E-state index contributed by atoms with van der Waals surface area (Å²) >= 11 is 0. The summed E-state index contributed by atoms with van der Waals surface area (Å²) in [5, 5.41) is 12.7. The third-order valence-electron chi connectivity index (χ3n) is 2.71. The highest BCUT2D eigenvalue weighted by Crippen LogP contribution is 2.34. The Hall–Kier alpha value is -2.02. The van der Waals surface area contributed by atoms with Gasteiger partial charge in [-0.2, -0.15) is 18.3 Å². The Morgan fingerprint density at radius 3 is 2.58 bits per heavy atom. The summed E-state index contributed by atoms with van der Waals surface area (Å²) in [6.07, 6.45) is -2.87. The Balaban J connectivity index is 2.54. The lowest BCUT2D eigenvalue weighted by molar-refractivity contribution is -0.137. The fourth-order valence-corrected chi connectivity index (χ4v) is 1.79. The molecule has 0 radical (unpaired) electrons. The van der Waals surface area contributed by atoms with Crippen LogP contribution >= 0.6 is 0 Å². The van der Waals surface area contributed by atoms with Crippen LogP contribution in [0.1, 0.15) is 11.1 Å². The maximum absolute atomic E-state index is 12.9. The molecule has 19 heavy (non-hydrogen) atoms. The van der Waals surface area contributed by atoms with Crippen LogP contribution < -0.4 is 5.73 Å². The number of hydrogen-bond acceptors (Lipinski definition) is 3. The summed E-state index contributed by atoms with van der Waals surface area (Å²) < 4.78 is 39.7. The van der Waals surface area contributed by atoms with Crippen LogP contribution in [0.25, 0.3) is 5.69 Å².